The molecule has 3 aromatic rings. The van der Waals surface area contributed by atoms with Gasteiger partial charge < -0.3 is 19.3 Å². The van der Waals surface area contributed by atoms with Crippen molar-refractivity contribution in [1.82, 2.24) is 14.8 Å². The molecule has 0 spiro atoms. The van der Waals surface area contributed by atoms with Gasteiger partial charge in [0.15, 0.2) is 17.3 Å². The van der Waals surface area contributed by atoms with Crippen LogP contribution in [0.3, 0.4) is 0 Å². The second kappa shape index (κ2) is 11.1. The Hall–Kier alpha value is -3.10. The van der Waals surface area contributed by atoms with Gasteiger partial charge in [-0.25, -0.2) is 0 Å². The molecule has 1 aliphatic heterocycles. The molecule has 1 atom stereocenters. The van der Waals surface area contributed by atoms with Crippen LogP contribution in [0.2, 0.25) is 5.02 Å². The van der Waals surface area contributed by atoms with Gasteiger partial charge in [0, 0.05) is 29.0 Å². The maximum Gasteiger partial charge on any atom is 0.303 e. The van der Waals surface area contributed by atoms with Crippen LogP contribution in [-0.4, -0.2) is 40.1 Å². The zero-order valence-corrected chi connectivity index (χ0v) is 21.7. The molecule has 1 N–H and O–H groups in total. The number of para-hydroxylation sites is 1. The van der Waals surface area contributed by atoms with Gasteiger partial charge in [0.25, 0.3) is 0 Å². The Morgan fingerprint density at radius 2 is 1.89 bits per heavy atom. The lowest BCUT2D eigenvalue weighted by Crippen LogP contribution is -2.15. The first-order valence-electron chi connectivity index (χ1n) is 11.4. The number of aromatic nitrogens is 3. The Morgan fingerprint density at radius 1 is 1.17 bits per heavy atom. The number of ether oxygens (including phenoxy) is 3. The van der Waals surface area contributed by atoms with Gasteiger partial charge in [-0.15, -0.1) is 10.2 Å². The van der Waals surface area contributed by atoms with E-state index in [-0.39, 0.29) is 11.8 Å². The molecule has 1 unspecified atom stereocenters. The number of aliphatic carboxylic acids is 1. The second-order valence-corrected chi connectivity index (χ2v) is 9.77. The molecule has 2 heterocycles. The number of nitrogens with zero attached hydrogens (tertiary/aromatic N) is 3. The van der Waals surface area contributed by atoms with Gasteiger partial charge in [-0.2, -0.15) is 0 Å². The first-order valence-corrected chi connectivity index (χ1v) is 11.7. The summed E-state index contributed by atoms with van der Waals surface area (Å²) < 4.78 is 19.6. The summed E-state index contributed by atoms with van der Waals surface area (Å²) in [5.74, 6) is 2.22. The van der Waals surface area contributed by atoms with Crippen molar-refractivity contribution in [3.05, 3.63) is 64.2 Å². The SMILES string of the molecule is CCC(=O)O.COc1cccc(C2OCc3nnc(CC(C)(C)C)n3-c3ccc(Cl)cc32)c1OC. The van der Waals surface area contributed by atoms with E-state index in [4.69, 9.17) is 30.9 Å². The van der Waals surface area contributed by atoms with Crippen LogP contribution in [-0.2, 0) is 22.6 Å². The molecule has 188 valence electrons. The van der Waals surface area contributed by atoms with Gasteiger partial charge in [-0.05, 0) is 29.7 Å². The Balaban J connectivity index is 0.000000623. The molecule has 1 aliphatic rings. The van der Waals surface area contributed by atoms with E-state index < -0.39 is 12.1 Å². The molecular formula is C26H32ClN3O5. The summed E-state index contributed by atoms with van der Waals surface area (Å²) in [5, 5.41) is 17.2. The number of methoxy groups -OCH3 is 2. The molecule has 0 amide bonds. The van der Waals surface area contributed by atoms with E-state index >= 15 is 0 Å². The van der Waals surface area contributed by atoms with Crippen molar-refractivity contribution < 1.29 is 24.1 Å². The quantitative estimate of drug-likeness (QED) is 0.484. The van der Waals surface area contributed by atoms with Crippen molar-refractivity contribution in [3.8, 4) is 17.2 Å². The predicted octanol–water partition coefficient (Wildman–Crippen LogP) is 5.63. The van der Waals surface area contributed by atoms with Gasteiger partial charge in [0.2, 0.25) is 0 Å². The zero-order valence-electron chi connectivity index (χ0n) is 21.0. The molecule has 0 fully saturated rings. The van der Waals surface area contributed by atoms with E-state index in [2.05, 4.69) is 35.5 Å². The first-order chi connectivity index (χ1) is 16.6. The minimum atomic E-state index is -0.745. The fourth-order valence-electron chi connectivity index (χ4n) is 3.88. The molecule has 0 aliphatic carbocycles. The second-order valence-electron chi connectivity index (χ2n) is 9.33. The molecule has 0 saturated carbocycles. The molecule has 4 rings (SSSR count). The van der Waals surface area contributed by atoms with Crippen LogP contribution in [0.15, 0.2) is 36.4 Å². The molecule has 1 aromatic heterocycles. The minimum absolute atomic E-state index is 0.0684. The number of carboxylic acid groups (broad SMARTS) is 1. The third-order valence-corrected chi connectivity index (χ3v) is 5.63. The lowest BCUT2D eigenvalue weighted by Gasteiger charge is -2.23. The van der Waals surface area contributed by atoms with Crippen LogP contribution in [0.1, 0.15) is 63.0 Å². The fourth-order valence-corrected chi connectivity index (χ4v) is 4.06. The lowest BCUT2D eigenvalue weighted by molar-refractivity contribution is -0.136. The topological polar surface area (TPSA) is 95.7 Å². The van der Waals surface area contributed by atoms with Crippen molar-refractivity contribution in [3.63, 3.8) is 0 Å². The average molecular weight is 502 g/mol. The monoisotopic (exact) mass is 501 g/mol. The number of halogens is 1. The number of benzene rings is 2. The average Bonchev–Trinajstić information content (AvgIpc) is 3.11. The normalized spacial score (nSPS) is 14.7. The highest BCUT2D eigenvalue weighted by molar-refractivity contribution is 6.30. The third kappa shape index (κ3) is 6.13. The van der Waals surface area contributed by atoms with E-state index in [1.54, 1.807) is 21.1 Å². The molecule has 0 radical (unpaired) electrons. The molecule has 2 aromatic carbocycles. The van der Waals surface area contributed by atoms with E-state index in [1.807, 2.05) is 36.4 Å². The summed E-state index contributed by atoms with van der Waals surface area (Å²) in [6.45, 7) is 8.48. The molecular weight excluding hydrogens is 470 g/mol. The lowest BCUT2D eigenvalue weighted by atomic mass is 9.91. The van der Waals surface area contributed by atoms with E-state index in [0.717, 1.165) is 34.9 Å². The standard InChI is InChI=1S/C23H26ClN3O3.C3H6O2/c1-23(2,3)12-19-25-26-20-13-30-21(15-7-6-8-18(28-4)22(15)29-5)16-11-14(24)9-10-17(16)27(19)20;1-2-3(4)5/h6-11,21H,12-13H2,1-5H3;2H2,1H3,(H,4,5). The molecule has 8 nitrogen and oxygen atoms in total. The number of carbonyl (C=O) groups is 1. The molecule has 0 saturated heterocycles. The van der Waals surface area contributed by atoms with Gasteiger partial charge in [0.1, 0.15) is 18.5 Å². The van der Waals surface area contributed by atoms with Crippen LogP contribution in [0.25, 0.3) is 5.69 Å². The third-order valence-electron chi connectivity index (χ3n) is 5.40. The fraction of sp³-hybridized carbons (Fsp3) is 0.423. The molecule has 0 bridgehead atoms. The van der Waals surface area contributed by atoms with Gasteiger partial charge in [-0.3, -0.25) is 9.36 Å². The van der Waals surface area contributed by atoms with Crippen molar-refractivity contribution >= 4 is 17.6 Å². The maximum atomic E-state index is 9.37. The van der Waals surface area contributed by atoms with Crippen molar-refractivity contribution in [2.75, 3.05) is 14.2 Å². The highest BCUT2D eigenvalue weighted by Gasteiger charge is 2.31. The molecule has 35 heavy (non-hydrogen) atoms. The Kier molecular flexibility index (Phi) is 8.40. The summed E-state index contributed by atoms with van der Waals surface area (Å²) >= 11 is 6.41. The van der Waals surface area contributed by atoms with E-state index in [9.17, 15) is 4.79 Å². The summed E-state index contributed by atoms with van der Waals surface area (Å²) in [6.07, 6.45) is 0.614. The number of hydrogen-bond acceptors (Lipinski definition) is 6. The summed E-state index contributed by atoms with van der Waals surface area (Å²) in [5.41, 5.74) is 2.84. The predicted molar refractivity (Wildman–Crippen MR) is 134 cm³/mol. The van der Waals surface area contributed by atoms with Crippen molar-refractivity contribution in [2.24, 2.45) is 5.41 Å². The smallest absolute Gasteiger partial charge is 0.303 e. The maximum absolute atomic E-state index is 9.37. The summed E-state index contributed by atoms with van der Waals surface area (Å²) in [7, 11) is 3.26. The van der Waals surface area contributed by atoms with Gasteiger partial charge >= 0.3 is 5.97 Å². The number of fused-ring (bicyclic) bond motifs is 3. The summed E-state index contributed by atoms with van der Waals surface area (Å²) in [4.78, 5) is 9.37. The zero-order chi connectivity index (χ0) is 25.8. The Labute approximate surface area is 210 Å². The highest BCUT2D eigenvalue weighted by atomic mass is 35.5. The van der Waals surface area contributed by atoms with Crippen LogP contribution < -0.4 is 9.47 Å². The number of rotatable bonds is 5. The number of carboxylic acids is 1. The Morgan fingerprint density at radius 3 is 2.49 bits per heavy atom. The van der Waals surface area contributed by atoms with Crippen LogP contribution in [0, 0.1) is 5.41 Å². The minimum Gasteiger partial charge on any atom is -0.493 e. The van der Waals surface area contributed by atoms with E-state index in [1.165, 1.54) is 0 Å². The largest absolute Gasteiger partial charge is 0.493 e. The van der Waals surface area contributed by atoms with Gasteiger partial charge in [-0.1, -0.05) is 51.4 Å². The van der Waals surface area contributed by atoms with Crippen LogP contribution in [0.4, 0.5) is 0 Å². The van der Waals surface area contributed by atoms with Crippen LogP contribution in [0.5, 0.6) is 11.5 Å². The van der Waals surface area contributed by atoms with Crippen molar-refractivity contribution in [2.45, 2.75) is 53.2 Å². The van der Waals surface area contributed by atoms with E-state index in [0.29, 0.717) is 23.1 Å². The summed E-state index contributed by atoms with van der Waals surface area (Å²) in [6, 6.07) is 11.6. The number of hydrogen-bond donors (Lipinski definition) is 1. The van der Waals surface area contributed by atoms with Gasteiger partial charge in [0.05, 0.1) is 19.9 Å². The molecule has 9 heteroatoms. The van der Waals surface area contributed by atoms with Crippen LogP contribution >= 0.6 is 11.6 Å². The van der Waals surface area contributed by atoms with Crippen molar-refractivity contribution in [1.29, 1.82) is 0 Å². The first kappa shape index (κ1) is 26.5. The highest BCUT2D eigenvalue weighted by Crippen LogP contribution is 2.43. The Bertz CT molecular complexity index is 1190.